The number of carbonyl (C=O) groups excluding carboxylic acids is 1. The zero-order valence-electron chi connectivity index (χ0n) is 17.1. The Kier molecular flexibility index (Phi) is 7.28. The third-order valence-electron chi connectivity index (χ3n) is 5.42. The summed E-state index contributed by atoms with van der Waals surface area (Å²) in [5.74, 6) is 0.403. The second kappa shape index (κ2) is 9.06. The van der Waals surface area contributed by atoms with E-state index in [1.54, 1.807) is 17.0 Å². The lowest BCUT2D eigenvalue weighted by molar-refractivity contribution is -0.135. The summed E-state index contributed by atoms with van der Waals surface area (Å²) in [6, 6.07) is 3.44. The van der Waals surface area contributed by atoms with E-state index in [9.17, 15) is 13.2 Å². The van der Waals surface area contributed by atoms with E-state index >= 15 is 0 Å². The number of amides is 1. The second-order valence-electron chi connectivity index (χ2n) is 7.38. The lowest BCUT2D eigenvalue weighted by Crippen LogP contribution is -2.43. The molecule has 7 heteroatoms. The third-order valence-corrected chi connectivity index (χ3v) is 7.34. The van der Waals surface area contributed by atoms with Crippen LogP contribution in [0.3, 0.4) is 0 Å². The Balaban J connectivity index is 2.11. The Morgan fingerprint density at radius 1 is 1.22 bits per heavy atom. The smallest absolute Gasteiger partial charge is 0.246 e. The maximum atomic E-state index is 13.1. The van der Waals surface area contributed by atoms with Gasteiger partial charge in [-0.2, -0.15) is 4.31 Å². The number of unbranched alkanes of at least 4 members (excludes halogenated alkanes) is 1. The molecule has 1 amide bonds. The van der Waals surface area contributed by atoms with Crippen LogP contribution in [-0.2, 0) is 14.8 Å². The first-order valence-corrected chi connectivity index (χ1v) is 11.1. The van der Waals surface area contributed by atoms with Gasteiger partial charge in [-0.05, 0) is 56.4 Å². The van der Waals surface area contributed by atoms with Gasteiger partial charge in [0.2, 0.25) is 15.9 Å². The van der Waals surface area contributed by atoms with Gasteiger partial charge in [-0.3, -0.25) is 4.79 Å². The Bertz CT molecular complexity index is 768. The lowest BCUT2D eigenvalue weighted by Gasteiger charge is -2.33. The van der Waals surface area contributed by atoms with Gasteiger partial charge in [0.25, 0.3) is 0 Å². The molecule has 0 saturated carbocycles. The number of piperidine rings is 1. The zero-order valence-corrected chi connectivity index (χ0v) is 17.9. The molecule has 0 radical (unpaired) electrons. The quantitative estimate of drug-likeness (QED) is 0.711. The van der Waals surface area contributed by atoms with E-state index in [-0.39, 0.29) is 16.7 Å². The molecule has 0 aliphatic carbocycles. The lowest BCUT2D eigenvalue weighted by atomic mass is 9.96. The summed E-state index contributed by atoms with van der Waals surface area (Å²) < 4.78 is 33.1. The number of ether oxygens (including phenoxy) is 1. The maximum absolute atomic E-state index is 13.1. The number of hydrogen-bond acceptors (Lipinski definition) is 4. The highest BCUT2D eigenvalue weighted by atomic mass is 32.2. The van der Waals surface area contributed by atoms with Crippen LogP contribution >= 0.6 is 0 Å². The van der Waals surface area contributed by atoms with E-state index < -0.39 is 10.0 Å². The molecule has 2 rings (SSSR count). The fraction of sp³-hybridized carbons (Fsp3) is 0.650. The molecule has 0 atom stereocenters. The summed E-state index contributed by atoms with van der Waals surface area (Å²) in [5.41, 5.74) is 1.90. The van der Waals surface area contributed by atoms with Crippen LogP contribution in [0.2, 0.25) is 0 Å². The molecule has 0 N–H and O–H groups in total. The van der Waals surface area contributed by atoms with Gasteiger partial charge in [0.15, 0.2) is 0 Å². The van der Waals surface area contributed by atoms with Crippen LogP contribution in [0.5, 0.6) is 5.75 Å². The van der Waals surface area contributed by atoms with Crippen molar-refractivity contribution in [3.63, 3.8) is 0 Å². The minimum atomic E-state index is -3.64. The number of methoxy groups -OCH3 is 1. The number of rotatable bonds is 7. The van der Waals surface area contributed by atoms with Crippen molar-refractivity contribution in [3.05, 3.63) is 23.3 Å². The van der Waals surface area contributed by atoms with E-state index in [2.05, 4.69) is 6.92 Å². The molecule has 0 bridgehead atoms. The molecule has 152 valence electrons. The monoisotopic (exact) mass is 396 g/mol. The average Bonchev–Trinajstić information content (AvgIpc) is 2.67. The largest absolute Gasteiger partial charge is 0.495 e. The van der Waals surface area contributed by atoms with Crippen LogP contribution in [0.1, 0.15) is 43.7 Å². The SMILES string of the molecule is CCCCN(C)C(=O)C1CCN(S(=O)(=O)c2cc(C)c(C)cc2OC)CC1. The number of carbonyl (C=O) groups is 1. The molecule has 0 unspecified atom stereocenters. The first kappa shape index (κ1) is 21.7. The molecule has 1 aliphatic heterocycles. The Hall–Kier alpha value is -1.60. The van der Waals surface area contributed by atoms with E-state index in [1.807, 2.05) is 20.9 Å². The Morgan fingerprint density at radius 2 is 1.81 bits per heavy atom. The molecular formula is C20H32N2O4S. The normalized spacial score (nSPS) is 16.3. The number of sulfonamides is 1. The van der Waals surface area contributed by atoms with Crippen LogP contribution in [0.4, 0.5) is 0 Å². The topological polar surface area (TPSA) is 66.9 Å². The molecule has 0 aromatic heterocycles. The fourth-order valence-corrected chi connectivity index (χ4v) is 5.12. The summed E-state index contributed by atoms with van der Waals surface area (Å²) >= 11 is 0. The molecule has 0 spiro atoms. The van der Waals surface area contributed by atoms with Gasteiger partial charge >= 0.3 is 0 Å². The van der Waals surface area contributed by atoms with Crippen molar-refractivity contribution < 1.29 is 17.9 Å². The molecule has 1 aromatic carbocycles. The third kappa shape index (κ3) is 4.82. The predicted octanol–water partition coefficient (Wildman–Crippen LogP) is 2.97. The maximum Gasteiger partial charge on any atom is 0.246 e. The summed E-state index contributed by atoms with van der Waals surface area (Å²) in [4.78, 5) is 14.5. The van der Waals surface area contributed by atoms with E-state index in [0.717, 1.165) is 30.5 Å². The summed E-state index contributed by atoms with van der Waals surface area (Å²) in [6.45, 7) is 7.40. The van der Waals surface area contributed by atoms with Gasteiger partial charge in [0, 0.05) is 32.6 Å². The van der Waals surface area contributed by atoms with Crippen LogP contribution in [0, 0.1) is 19.8 Å². The molecule has 27 heavy (non-hydrogen) atoms. The molecule has 1 saturated heterocycles. The van der Waals surface area contributed by atoms with E-state index in [0.29, 0.717) is 31.7 Å². The molecule has 1 heterocycles. The number of hydrogen-bond donors (Lipinski definition) is 0. The summed E-state index contributed by atoms with van der Waals surface area (Å²) in [5, 5.41) is 0. The Morgan fingerprint density at radius 3 is 2.37 bits per heavy atom. The minimum absolute atomic E-state index is 0.0973. The van der Waals surface area contributed by atoms with Crippen molar-refractivity contribution in [1.29, 1.82) is 0 Å². The van der Waals surface area contributed by atoms with Crippen molar-refractivity contribution in [1.82, 2.24) is 9.21 Å². The second-order valence-corrected chi connectivity index (χ2v) is 9.29. The van der Waals surface area contributed by atoms with Gasteiger partial charge in [-0.15, -0.1) is 0 Å². The van der Waals surface area contributed by atoms with Gasteiger partial charge in [-0.1, -0.05) is 13.3 Å². The van der Waals surface area contributed by atoms with E-state index in [1.165, 1.54) is 11.4 Å². The van der Waals surface area contributed by atoms with Gasteiger partial charge < -0.3 is 9.64 Å². The van der Waals surface area contributed by atoms with Crippen molar-refractivity contribution in [2.24, 2.45) is 5.92 Å². The highest BCUT2D eigenvalue weighted by molar-refractivity contribution is 7.89. The average molecular weight is 397 g/mol. The van der Waals surface area contributed by atoms with Gasteiger partial charge in [-0.25, -0.2) is 8.42 Å². The Labute approximate surface area is 163 Å². The van der Waals surface area contributed by atoms with Crippen LogP contribution in [0.25, 0.3) is 0 Å². The minimum Gasteiger partial charge on any atom is -0.495 e. The van der Waals surface area contributed by atoms with E-state index in [4.69, 9.17) is 4.74 Å². The highest BCUT2D eigenvalue weighted by Crippen LogP contribution is 2.32. The molecule has 1 fully saturated rings. The number of nitrogens with zero attached hydrogens (tertiary/aromatic N) is 2. The molecule has 1 aromatic rings. The van der Waals surface area contributed by atoms with Gasteiger partial charge in [0.05, 0.1) is 7.11 Å². The first-order valence-electron chi connectivity index (χ1n) is 9.62. The first-order chi connectivity index (χ1) is 12.7. The summed E-state index contributed by atoms with van der Waals surface area (Å²) in [7, 11) is -0.324. The fourth-order valence-electron chi connectivity index (χ4n) is 3.42. The molecular weight excluding hydrogens is 364 g/mol. The van der Waals surface area contributed by atoms with Crippen LogP contribution in [-0.4, -0.2) is 57.3 Å². The van der Waals surface area contributed by atoms with Crippen molar-refractivity contribution in [2.75, 3.05) is 33.8 Å². The predicted molar refractivity (Wildman–Crippen MR) is 106 cm³/mol. The zero-order chi connectivity index (χ0) is 20.2. The van der Waals surface area contributed by atoms with Crippen LogP contribution in [0.15, 0.2) is 17.0 Å². The molecule has 6 nitrogen and oxygen atoms in total. The van der Waals surface area contributed by atoms with Crippen molar-refractivity contribution in [3.8, 4) is 5.75 Å². The molecule has 1 aliphatic rings. The van der Waals surface area contributed by atoms with Gasteiger partial charge in [0.1, 0.15) is 10.6 Å². The summed E-state index contributed by atoms with van der Waals surface area (Å²) in [6.07, 6.45) is 3.15. The highest BCUT2D eigenvalue weighted by Gasteiger charge is 2.34. The van der Waals surface area contributed by atoms with Crippen molar-refractivity contribution >= 4 is 15.9 Å². The number of aryl methyl sites for hydroxylation is 2. The van der Waals surface area contributed by atoms with Crippen LogP contribution < -0.4 is 4.74 Å². The standard InChI is InChI=1S/C20H32N2O4S/c1-6-7-10-21(4)20(23)17-8-11-22(12-9-17)27(24,25)19-14-16(3)15(2)13-18(19)26-5/h13-14,17H,6-12H2,1-5H3. The number of benzene rings is 1. The van der Waals surface area contributed by atoms with Crippen molar-refractivity contribution in [2.45, 2.75) is 51.3 Å².